The topological polar surface area (TPSA) is 59.8 Å². The quantitative estimate of drug-likeness (QED) is 0.612. The summed E-state index contributed by atoms with van der Waals surface area (Å²) in [6, 6.07) is 8.11. The maximum absolute atomic E-state index is 12.9. The molecular weight excluding hydrogens is 412 g/mol. The van der Waals surface area contributed by atoms with Crippen molar-refractivity contribution in [1.29, 1.82) is 0 Å². The molecule has 7 nitrogen and oxygen atoms in total. The fraction of sp³-hybridized carbons (Fsp3) is 0.565. The number of anilines is 1. The van der Waals surface area contributed by atoms with Crippen molar-refractivity contribution in [3.63, 3.8) is 0 Å². The second kappa shape index (κ2) is 9.96. The van der Waals surface area contributed by atoms with Gasteiger partial charge in [-0.2, -0.15) is 0 Å². The summed E-state index contributed by atoms with van der Waals surface area (Å²) in [5.74, 6) is 1.46. The van der Waals surface area contributed by atoms with Gasteiger partial charge in [-0.1, -0.05) is 11.8 Å². The highest BCUT2D eigenvalue weighted by atomic mass is 32.2. The Morgan fingerprint density at radius 3 is 2.58 bits per heavy atom. The van der Waals surface area contributed by atoms with Gasteiger partial charge in [-0.3, -0.25) is 4.79 Å². The zero-order valence-corrected chi connectivity index (χ0v) is 19.5. The van der Waals surface area contributed by atoms with Gasteiger partial charge < -0.3 is 23.8 Å². The summed E-state index contributed by atoms with van der Waals surface area (Å²) in [4.78, 5) is 21.9. The third-order valence-electron chi connectivity index (χ3n) is 6.23. The molecule has 168 valence electrons. The number of carbonyl (C=O) groups excluding carboxylic acids is 1. The normalized spacial score (nSPS) is 19.1. The lowest BCUT2D eigenvalue weighted by Crippen LogP contribution is -2.49. The maximum atomic E-state index is 12.9. The molecule has 1 atom stereocenters. The van der Waals surface area contributed by atoms with Crippen molar-refractivity contribution in [2.45, 2.75) is 44.5 Å². The Morgan fingerprint density at radius 1 is 1.19 bits per heavy atom. The Morgan fingerprint density at radius 2 is 1.94 bits per heavy atom. The van der Waals surface area contributed by atoms with Crippen LogP contribution in [0.15, 0.2) is 29.4 Å². The molecule has 2 saturated heterocycles. The van der Waals surface area contributed by atoms with Gasteiger partial charge in [0, 0.05) is 44.2 Å². The number of hydrogen-bond acceptors (Lipinski definition) is 6. The number of hydrogen-bond donors (Lipinski definition) is 0. The van der Waals surface area contributed by atoms with Gasteiger partial charge in [-0.25, -0.2) is 4.98 Å². The number of rotatable bonds is 7. The highest BCUT2D eigenvalue weighted by molar-refractivity contribution is 7.99. The molecule has 2 aliphatic rings. The summed E-state index contributed by atoms with van der Waals surface area (Å²) in [6.07, 6.45) is 2.48. The van der Waals surface area contributed by atoms with Gasteiger partial charge in [0.1, 0.15) is 5.75 Å². The van der Waals surface area contributed by atoms with Crippen LogP contribution in [0.25, 0.3) is 0 Å². The van der Waals surface area contributed by atoms with Gasteiger partial charge >= 0.3 is 0 Å². The summed E-state index contributed by atoms with van der Waals surface area (Å²) < 4.78 is 13.3. The third-order valence-corrected chi connectivity index (χ3v) is 7.19. The van der Waals surface area contributed by atoms with E-state index in [1.165, 1.54) is 11.4 Å². The van der Waals surface area contributed by atoms with E-state index in [4.69, 9.17) is 14.5 Å². The van der Waals surface area contributed by atoms with E-state index in [9.17, 15) is 4.79 Å². The second-order valence-electron chi connectivity index (χ2n) is 8.17. The first kappa shape index (κ1) is 22.0. The summed E-state index contributed by atoms with van der Waals surface area (Å²) in [7, 11) is 1.68. The smallest absolute Gasteiger partial charge is 0.233 e. The molecule has 3 heterocycles. The molecule has 2 aliphatic heterocycles. The molecule has 0 saturated carbocycles. The predicted molar refractivity (Wildman–Crippen MR) is 123 cm³/mol. The average Bonchev–Trinajstić information content (AvgIpc) is 3.41. The summed E-state index contributed by atoms with van der Waals surface area (Å²) in [5.41, 5.74) is 3.36. The minimum atomic E-state index is 0.182. The number of thioether (sulfide) groups is 1. The van der Waals surface area contributed by atoms with Crippen LogP contribution in [0.5, 0.6) is 5.75 Å². The van der Waals surface area contributed by atoms with Crippen LogP contribution >= 0.6 is 11.8 Å². The van der Waals surface area contributed by atoms with E-state index in [1.807, 2.05) is 24.0 Å². The third kappa shape index (κ3) is 5.18. The number of imidazole rings is 1. The van der Waals surface area contributed by atoms with Crippen LogP contribution in [0.3, 0.4) is 0 Å². The Balaban J connectivity index is 1.30. The standard InChI is InChI=1S/C23H32N4O3S/c1-17-18(2)27(15-21-5-4-14-30-21)23(24-17)31-16-22(28)26-12-10-25(11-13-26)19-6-8-20(29-3)9-7-19/h6-9,21H,4-5,10-16H2,1-3H3. The van der Waals surface area contributed by atoms with Crippen LogP contribution < -0.4 is 9.64 Å². The lowest BCUT2D eigenvalue weighted by Gasteiger charge is -2.36. The molecular formula is C23H32N4O3S. The van der Waals surface area contributed by atoms with Crippen molar-refractivity contribution in [2.75, 3.05) is 50.5 Å². The molecule has 1 aromatic heterocycles. The number of amides is 1. The van der Waals surface area contributed by atoms with E-state index in [2.05, 4.69) is 28.5 Å². The maximum Gasteiger partial charge on any atom is 0.233 e. The Labute approximate surface area is 188 Å². The number of piperazine rings is 1. The van der Waals surface area contributed by atoms with Crippen LogP contribution in [0.4, 0.5) is 5.69 Å². The summed E-state index contributed by atoms with van der Waals surface area (Å²) >= 11 is 1.55. The number of aryl methyl sites for hydroxylation is 1. The minimum Gasteiger partial charge on any atom is -0.497 e. The highest BCUT2D eigenvalue weighted by Crippen LogP contribution is 2.25. The molecule has 0 bridgehead atoms. The minimum absolute atomic E-state index is 0.182. The molecule has 4 rings (SSSR count). The number of carbonyl (C=O) groups is 1. The van der Waals surface area contributed by atoms with E-state index in [0.717, 1.165) is 68.8 Å². The van der Waals surface area contributed by atoms with Crippen LogP contribution in [0.1, 0.15) is 24.2 Å². The summed E-state index contributed by atoms with van der Waals surface area (Å²) in [6.45, 7) is 8.97. The van der Waals surface area contributed by atoms with E-state index in [0.29, 0.717) is 5.75 Å². The fourth-order valence-electron chi connectivity index (χ4n) is 4.17. The molecule has 0 aliphatic carbocycles. The monoisotopic (exact) mass is 444 g/mol. The zero-order valence-electron chi connectivity index (χ0n) is 18.7. The zero-order chi connectivity index (χ0) is 21.8. The highest BCUT2D eigenvalue weighted by Gasteiger charge is 2.24. The Hall–Kier alpha value is -2.19. The van der Waals surface area contributed by atoms with Crippen LogP contribution in [0.2, 0.25) is 0 Å². The van der Waals surface area contributed by atoms with Crippen LogP contribution in [0, 0.1) is 13.8 Å². The van der Waals surface area contributed by atoms with Gasteiger partial charge in [0.25, 0.3) is 0 Å². The van der Waals surface area contributed by atoms with Gasteiger partial charge in [-0.15, -0.1) is 0 Å². The molecule has 0 radical (unpaired) electrons. The molecule has 1 aromatic carbocycles. The lowest BCUT2D eigenvalue weighted by atomic mass is 10.2. The second-order valence-corrected chi connectivity index (χ2v) is 9.11. The van der Waals surface area contributed by atoms with Crippen molar-refractivity contribution in [1.82, 2.24) is 14.5 Å². The number of nitrogens with zero attached hydrogens (tertiary/aromatic N) is 4. The lowest BCUT2D eigenvalue weighted by molar-refractivity contribution is -0.128. The predicted octanol–water partition coefficient (Wildman–Crippen LogP) is 3.13. The first-order valence-electron chi connectivity index (χ1n) is 11.0. The summed E-state index contributed by atoms with van der Waals surface area (Å²) in [5, 5.41) is 0.927. The van der Waals surface area contributed by atoms with Crippen LogP contribution in [-0.4, -0.2) is 72.1 Å². The van der Waals surface area contributed by atoms with Crippen molar-refractivity contribution in [2.24, 2.45) is 0 Å². The molecule has 31 heavy (non-hydrogen) atoms. The first-order chi connectivity index (χ1) is 15.0. The van der Waals surface area contributed by atoms with Gasteiger partial charge in [0.15, 0.2) is 5.16 Å². The number of methoxy groups -OCH3 is 1. The van der Waals surface area contributed by atoms with Crippen LogP contribution in [-0.2, 0) is 16.1 Å². The molecule has 0 N–H and O–H groups in total. The van der Waals surface area contributed by atoms with Crippen molar-refractivity contribution in [3.05, 3.63) is 35.7 Å². The van der Waals surface area contributed by atoms with E-state index in [-0.39, 0.29) is 12.0 Å². The number of aromatic nitrogens is 2. The number of ether oxygens (including phenoxy) is 2. The van der Waals surface area contributed by atoms with E-state index >= 15 is 0 Å². The van der Waals surface area contributed by atoms with Crippen molar-refractivity contribution in [3.8, 4) is 5.75 Å². The molecule has 0 spiro atoms. The van der Waals surface area contributed by atoms with Gasteiger partial charge in [0.2, 0.25) is 5.91 Å². The Bertz CT molecular complexity index is 885. The molecule has 2 aromatic rings. The Kier molecular flexibility index (Phi) is 7.07. The van der Waals surface area contributed by atoms with E-state index < -0.39 is 0 Å². The van der Waals surface area contributed by atoms with Gasteiger partial charge in [0.05, 0.1) is 31.2 Å². The van der Waals surface area contributed by atoms with E-state index in [1.54, 1.807) is 18.9 Å². The molecule has 1 amide bonds. The SMILES string of the molecule is COc1ccc(N2CCN(C(=O)CSc3nc(C)c(C)n3CC3CCCO3)CC2)cc1. The average molecular weight is 445 g/mol. The first-order valence-corrected chi connectivity index (χ1v) is 12.0. The number of benzene rings is 1. The van der Waals surface area contributed by atoms with Crippen molar-refractivity contribution < 1.29 is 14.3 Å². The molecule has 1 unspecified atom stereocenters. The van der Waals surface area contributed by atoms with Gasteiger partial charge in [-0.05, 0) is 51.0 Å². The molecule has 2 fully saturated rings. The fourth-order valence-corrected chi connectivity index (χ4v) is 5.17. The molecule has 8 heteroatoms. The van der Waals surface area contributed by atoms with Crippen molar-refractivity contribution >= 4 is 23.4 Å². The largest absolute Gasteiger partial charge is 0.497 e.